The summed E-state index contributed by atoms with van der Waals surface area (Å²) >= 11 is 6.08. The number of benzene rings is 4. The zero-order chi connectivity index (χ0) is 41.4. The van der Waals surface area contributed by atoms with Gasteiger partial charge in [-0.15, -0.1) is 10.2 Å². The van der Waals surface area contributed by atoms with Crippen molar-refractivity contribution in [2.75, 3.05) is 23.0 Å². The zero-order valence-electron chi connectivity index (χ0n) is 27.1. The minimum Gasteiger partial charge on any atom is -0.505 e. The van der Waals surface area contributed by atoms with Crippen LogP contribution in [0, 0.1) is 0 Å². The molecule has 0 atom stereocenters. The molecule has 23 nitrogen and oxygen atoms in total. The number of hydrogen-bond acceptors (Lipinski definition) is 19. The molecule has 0 saturated heterocycles. The van der Waals surface area contributed by atoms with E-state index in [4.69, 9.17) is 16.2 Å². The molecule has 0 spiro atoms. The van der Waals surface area contributed by atoms with Crippen LogP contribution in [0.4, 0.5) is 34.6 Å². The van der Waals surface area contributed by atoms with Gasteiger partial charge >= 0.3 is 10.4 Å². The quantitative estimate of drug-likeness (QED) is 0.0618. The van der Waals surface area contributed by atoms with Crippen LogP contribution in [0.2, 0.25) is 5.28 Å². The minimum absolute atomic E-state index is 0.0229. The molecule has 0 bridgehead atoms. The number of nitrogens with one attached hydrogen (secondary N) is 2. The molecule has 0 aliphatic heterocycles. The van der Waals surface area contributed by atoms with Crippen LogP contribution in [-0.2, 0) is 54.8 Å². The predicted molar refractivity (Wildman–Crippen MR) is 193 cm³/mol. The summed E-state index contributed by atoms with van der Waals surface area (Å²) in [4.78, 5) is 8.63. The van der Waals surface area contributed by atoms with E-state index in [1.54, 1.807) is 0 Å². The SMILES string of the molecule is O=S(=O)(O)OCCS(=O)(=O)c1cccc(Nc2nc(Cl)nc(Nc3cc(S(=O)(=O)O)cc4cc(S(=O)(=O)O)c(/N=N/c5ccccc5S(=O)(=O)O)c(O)c34)n2)c1. The number of phenols is 1. The van der Waals surface area contributed by atoms with E-state index in [0.29, 0.717) is 12.1 Å². The van der Waals surface area contributed by atoms with E-state index < -0.39 is 122 Å². The molecule has 0 unspecified atom stereocenters. The first-order chi connectivity index (χ1) is 25.8. The maximum Gasteiger partial charge on any atom is 0.397 e. The van der Waals surface area contributed by atoms with Gasteiger partial charge in [0.2, 0.25) is 17.2 Å². The molecule has 29 heteroatoms. The normalized spacial score (nSPS) is 12.9. The lowest BCUT2D eigenvalue weighted by Crippen LogP contribution is -2.15. The number of aromatic nitrogens is 3. The summed E-state index contributed by atoms with van der Waals surface area (Å²) in [6, 6.07) is 11.5. The third kappa shape index (κ3) is 10.2. The maximum atomic E-state index is 12.7. The molecule has 0 aliphatic rings. The Hall–Kier alpha value is -5.01. The van der Waals surface area contributed by atoms with E-state index in [1.165, 1.54) is 24.3 Å². The fourth-order valence-corrected chi connectivity index (χ4v) is 8.22. The topological polar surface area (TPSA) is 369 Å². The monoisotopic (exact) mass is 895 g/mol. The van der Waals surface area contributed by atoms with Crippen molar-refractivity contribution < 1.29 is 69.6 Å². The smallest absolute Gasteiger partial charge is 0.397 e. The first-order valence-electron chi connectivity index (χ1n) is 14.5. The Bertz CT molecular complexity index is 3010. The first-order valence-corrected chi connectivity index (χ1v) is 22.2. The number of rotatable bonds is 14. The number of halogens is 1. The lowest BCUT2D eigenvalue weighted by atomic mass is 10.1. The number of sulfone groups is 1. The van der Waals surface area contributed by atoms with Crippen LogP contribution in [0.1, 0.15) is 0 Å². The highest BCUT2D eigenvalue weighted by Gasteiger charge is 2.27. The standard InChI is InChI=1S/C27H22ClN7O16S5/c28-25-31-26(29-15-4-3-5-16(12-15)52(37,38)9-8-51-56(48,49)50)33-27(32-25)30-19-13-17(53(39,40)41)10-14-11-21(55(45,46)47)23(24(36)22(14)19)35-34-18-6-1-2-7-20(18)54(42,43)44/h1-7,10-13,36H,8-9H2,(H,39,40,41)(H,42,43,44)(H,45,46,47)(H,48,49,50)(H2,29,30,31,32,33)/b35-34+. The number of nitrogens with zero attached hydrogens (tertiary/aromatic N) is 5. The zero-order valence-corrected chi connectivity index (χ0v) is 32.0. The molecule has 0 radical (unpaired) electrons. The van der Waals surface area contributed by atoms with E-state index in [0.717, 1.165) is 30.3 Å². The predicted octanol–water partition coefficient (Wildman–Crippen LogP) is 3.62. The Morgan fingerprint density at radius 3 is 1.95 bits per heavy atom. The van der Waals surface area contributed by atoms with Gasteiger partial charge in [-0.2, -0.15) is 48.6 Å². The van der Waals surface area contributed by atoms with E-state index >= 15 is 0 Å². The molecule has 298 valence electrons. The number of aromatic hydroxyl groups is 1. The molecule has 56 heavy (non-hydrogen) atoms. The van der Waals surface area contributed by atoms with Crippen molar-refractivity contribution in [3.05, 3.63) is 72.0 Å². The molecule has 0 amide bonds. The highest BCUT2D eigenvalue weighted by Crippen LogP contribution is 2.46. The summed E-state index contributed by atoms with van der Waals surface area (Å²) in [5.41, 5.74) is -2.01. The molecule has 0 saturated carbocycles. The Labute approximate surface area is 321 Å². The number of phenolic OH excluding ortho intramolecular Hbond substituents is 1. The maximum absolute atomic E-state index is 12.7. The van der Waals surface area contributed by atoms with Gasteiger partial charge in [0.15, 0.2) is 15.6 Å². The molecular weight excluding hydrogens is 874 g/mol. The van der Waals surface area contributed by atoms with Crippen LogP contribution in [0.3, 0.4) is 0 Å². The molecule has 1 heterocycles. The van der Waals surface area contributed by atoms with Crippen molar-refractivity contribution in [1.82, 2.24) is 15.0 Å². The summed E-state index contributed by atoms with van der Waals surface area (Å²) < 4.78 is 162. The number of anilines is 4. The lowest BCUT2D eigenvalue weighted by molar-refractivity contribution is 0.284. The summed E-state index contributed by atoms with van der Waals surface area (Å²) in [6.07, 6.45) is 0. The second-order valence-corrected chi connectivity index (χ2v) is 18.6. The molecule has 7 N–H and O–H groups in total. The van der Waals surface area contributed by atoms with Gasteiger partial charge in [0, 0.05) is 11.1 Å². The van der Waals surface area contributed by atoms with E-state index in [-0.39, 0.29) is 16.5 Å². The molecule has 4 aromatic carbocycles. The van der Waals surface area contributed by atoms with Crippen LogP contribution in [0.15, 0.2) is 96.5 Å². The van der Waals surface area contributed by atoms with Gasteiger partial charge in [0.25, 0.3) is 30.4 Å². The van der Waals surface area contributed by atoms with E-state index in [1.807, 2.05) is 0 Å². The number of fused-ring (bicyclic) bond motifs is 1. The number of hydrogen-bond donors (Lipinski definition) is 7. The summed E-state index contributed by atoms with van der Waals surface area (Å²) in [6.45, 7) is -0.899. The fraction of sp³-hybridized carbons (Fsp3) is 0.0741. The van der Waals surface area contributed by atoms with Crippen molar-refractivity contribution in [3.63, 3.8) is 0 Å². The van der Waals surface area contributed by atoms with Crippen LogP contribution in [0.5, 0.6) is 5.75 Å². The molecule has 0 fully saturated rings. The van der Waals surface area contributed by atoms with Crippen molar-refractivity contribution in [2.24, 2.45) is 10.2 Å². The third-order valence-corrected chi connectivity index (χ3v) is 11.9. The van der Waals surface area contributed by atoms with Crippen LogP contribution in [0.25, 0.3) is 10.8 Å². The van der Waals surface area contributed by atoms with E-state index in [9.17, 15) is 60.9 Å². The van der Waals surface area contributed by atoms with Gasteiger partial charge in [0.1, 0.15) is 21.2 Å². The second-order valence-electron chi connectivity index (χ2n) is 10.8. The number of azo groups is 1. The largest absolute Gasteiger partial charge is 0.505 e. The fourth-order valence-electron chi connectivity index (χ4n) is 4.71. The average Bonchev–Trinajstić information content (AvgIpc) is 3.05. The van der Waals surface area contributed by atoms with Crippen molar-refractivity contribution in [1.29, 1.82) is 0 Å². The highest BCUT2D eigenvalue weighted by atomic mass is 35.5. The van der Waals surface area contributed by atoms with Gasteiger partial charge in [0.05, 0.1) is 27.8 Å². The average molecular weight is 896 g/mol. The summed E-state index contributed by atoms with van der Waals surface area (Å²) in [7, 11) is -24.4. The van der Waals surface area contributed by atoms with Gasteiger partial charge in [-0.1, -0.05) is 18.2 Å². The third-order valence-electron chi connectivity index (χ3n) is 6.99. The van der Waals surface area contributed by atoms with Gasteiger partial charge in [-0.3, -0.25) is 18.2 Å². The molecule has 0 aliphatic carbocycles. The molecular formula is C27H22ClN7O16S5. The van der Waals surface area contributed by atoms with Crippen LogP contribution in [-0.4, -0.2) is 92.7 Å². The van der Waals surface area contributed by atoms with Gasteiger partial charge in [-0.25, -0.2) is 12.6 Å². The lowest BCUT2D eigenvalue weighted by Gasteiger charge is -2.15. The van der Waals surface area contributed by atoms with Crippen molar-refractivity contribution in [3.8, 4) is 5.75 Å². The van der Waals surface area contributed by atoms with Crippen LogP contribution >= 0.6 is 11.6 Å². The van der Waals surface area contributed by atoms with Crippen molar-refractivity contribution in [2.45, 2.75) is 19.6 Å². The summed E-state index contributed by atoms with van der Waals surface area (Å²) in [5.74, 6) is -2.86. The Balaban J connectivity index is 1.61. The molecule has 5 rings (SSSR count). The van der Waals surface area contributed by atoms with Gasteiger partial charge < -0.3 is 15.7 Å². The molecule has 1 aromatic heterocycles. The van der Waals surface area contributed by atoms with E-state index in [2.05, 4.69) is 40.0 Å². The van der Waals surface area contributed by atoms with Crippen LogP contribution < -0.4 is 10.6 Å². The summed E-state index contributed by atoms with van der Waals surface area (Å²) in [5, 5.41) is 22.3. The minimum atomic E-state index is -5.33. The van der Waals surface area contributed by atoms with Crippen molar-refractivity contribution >= 4 is 108 Å². The van der Waals surface area contributed by atoms with Gasteiger partial charge in [-0.05, 0) is 65.5 Å². The Morgan fingerprint density at radius 2 is 1.32 bits per heavy atom. The Morgan fingerprint density at radius 1 is 0.679 bits per heavy atom. The first kappa shape index (κ1) is 42.1. The molecule has 5 aromatic rings. The highest BCUT2D eigenvalue weighted by molar-refractivity contribution is 7.91. The Kier molecular flexibility index (Phi) is 11.7. The second kappa shape index (κ2) is 15.5.